The SMILES string of the molecule is COc1ccc(C(SC[C@H](N)CO)(c2ccccc2)c2ccccc2)cc1. The van der Waals surface area contributed by atoms with Gasteiger partial charge in [0.25, 0.3) is 0 Å². The van der Waals surface area contributed by atoms with Gasteiger partial charge in [-0.25, -0.2) is 0 Å². The highest BCUT2D eigenvalue weighted by Gasteiger charge is 2.37. The number of aliphatic hydroxyl groups is 1. The average molecular weight is 380 g/mol. The fraction of sp³-hybridized carbons (Fsp3) is 0.217. The van der Waals surface area contributed by atoms with Crippen molar-refractivity contribution >= 4 is 11.8 Å². The quantitative estimate of drug-likeness (QED) is 0.580. The number of hydrogen-bond donors (Lipinski definition) is 2. The summed E-state index contributed by atoms with van der Waals surface area (Å²) in [6, 6.07) is 28.8. The minimum atomic E-state index is -0.429. The first-order chi connectivity index (χ1) is 13.2. The predicted octanol–water partition coefficient (Wildman–Crippen LogP) is 4.04. The van der Waals surface area contributed by atoms with Gasteiger partial charge in [-0.1, -0.05) is 72.8 Å². The van der Waals surface area contributed by atoms with Crippen LogP contribution in [0.4, 0.5) is 0 Å². The summed E-state index contributed by atoms with van der Waals surface area (Å²) in [5, 5.41) is 9.46. The first-order valence-electron chi connectivity index (χ1n) is 8.96. The molecule has 0 bridgehead atoms. The standard InChI is InChI=1S/C23H25NO2S/c1-26-22-14-12-20(13-15-22)23(27-17-21(24)16-25,18-8-4-2-5-9-18)19-10-6-3-7-11-19/h2-15,21,25H,16-17,24H2,1H3/t21-/m1/s1. The van der Waals surface area contributed by atoms with E-state index in [9.17, 15) is 5.11 Å². The fourth-order valence-corrected chi connectivity index (χ4v) is 4.68. The smallest absolute Gasteiger partial charge is 0.118 e. The summed E-state index contributed by atoms with van der Waals surface area (Å²) in [6.07, 6.45) is 0. The first kappa shape index (κ1) is 19.5. The lowest BCUT2D eigenvalue weighted by Gasteiger charge is -2.36. The third kappa shape index (κ3) is 4.19. The van der Waals surface area contributed by atoms with Crippen molar-refractivity contribution < 1.29 is 9.84 Å². The third-order valence-corrected chi connectivity index (χ3v) is 6.34. The summed E-state index contributed by atoms with van der Waals surface area (Å²) in [5.74, 6) is 1.46. The van der Waals surface area contributed by atoms with Crippen molar-refractivity contribution in [1.29, 1.82) is 0 Å². The minimum Gasteiger partial charge on any atom is -0.497 e. The molecule has 27 heavy (non-hydrogen) atoms. The van der Waals surface area contributed by atoms with E-state index in [-0.39, 0.29) is 12.6 Å². The van der Waals surface area contributed by atoms with Crippen LogP contribution in [0, 0.1) is 0 Å². The van der Waals surface area contributed by atoms with Gasteiger partial charge in [-0.15, -0.1) is 11.8 Å². The van der Waals surface area contributed by atoms with E-state index in [4.69, 9.17) is 10.5 Å². The Bertz CT molecular complexity index is 783. The molecule has 0 saturated carbocycles. The molecule has 0 aliphatic rings. The van der Waals surface area contributed by atoms with Crippen LogP contribution in [0.2, 0.25) is 0 Å². The molecule has 0 aliphatic heterocycles. The molecule has 3 aromatic carbocycles. The second-order valence-corrected chi connectivity index (χ2v) is 7.63. The monoisotopic (exact) mass is 379 g/mol. The third-order valence-electron chi connectivity index (χ3n) is 4.61. The predicted molar refractivity (Wildman–Crippen MR) is 113 cm³/mol. The molecule has 0 amide bonds. The van der Waals surface area contributed by atoms with E-state index in [1.54, 1.807) is 18.9 Å². The van der Waals surface area contributed by atoms with Crippen LogP contribution in [0.3, 0.4) is 0 Å². The van der Waals surface area contributed by atoms with Crippen molar-refractivity contribution in [3.05, 3.63) is 102 Å². The zero-order valence-electron chi connectivity index (χ0n) is 15.4. The zero-order valence-corrected chi connectivity index (χ0v) is 16.2. The van der Waals surface area contributed by atoms with Crippen LogP contribution < -0.4 is 10.5 Å². The molecule has 0 radical (unpaired) electrons. The molecule has 0 fully saturated rings. The molecule has 0 spiro atoms. The van der Waals surface area contributed by atoms with Crippen molar-refractivity contribution in [2.24, 2.45) is 5.73 Å². The highest BCUT2D eigenvalue weighted by atomic mass is 32.2. The molecular weight excluding hydrogens is 354 g/mol. The molecule has 0 aromatic heterocycles. The lowest BCUT2D eigenvalue weighted by molar-refractivity contribution is 0.275. The van der Waals surface area contributed by atoms with Gasteiger partial charge in [0.05, 0.1) is 18.5 Å². The highest BCUT2D eigenvalue weighted by molar-refractivity contribution is 8.00. The zero-order chi connectivity index (χ0) is 19.1. The number of methoxy groups -OCH3 is 1. The fourth-order valence-electron chi connectivity index (χ4n) is 3.21. The van der Waals surface area contributed by atoms with Crippen molar-refractivity contribution in [1.82, 2.24) is 0 Å². The molecular formula is C23H25NO2S. The van der Waals surface area contributed by atoms with Gasteiger partial charge in [0, 0.05) is 11.8 Å². The van der Waals surface area contributed by atoms with Crippen LogP contribution in [0.5, 0.6) is 5.75 Å². The van der Waals surface area contributed by atoms with Crippen LogP contribution in [0.25, 0.3) is 0 Å². The van der Waals surface area contributed by atoms with Crippen LogP contribution in [0.1, 0.15) is 16.7 Å². The maximum Gasteiger partial charge on any atom is 0.118 e. The van der Waals surface area contributed by atoms with Gasteiger partial charge in [0.2, 0.25) is 0 Å². The number of rotatable bonds is 8. The highest BCUT2D eigenvalue weighted by Crippen LogP contribution is 2.48. The summed E-state index contributed by atoms with van der Waals surface area (Å²) >= 11 is 1.75. The van der Waals surface area contributed by atoms with E-state index in [2.05, 4.69) is 60.7 Å². The summed E-state index contributed by atoms with van der Waals surface area (Å²) in [6.45, 7) is -0.0325. The number of nitrogens with two attached hydrogens (primary N) is 1. The van der Waals surface area contributed by atoms with Gasteiger partial charge in [0.15, 0.2) is 0 Å². The van der Waals surface area contributed by atoms with Crippen molar-refractivity contribution in [3.8, 4) is 5.75 Å². The van der Waals surface area contributed by atoms with Crippen molar-refractivity contribution in [3.63, 3.8) is 0 Å². The van der Waals surface area contributed by atoms with Gasteiger partial charge in [-0.3, -0.25) is 0 Å². The molecule has 140 valence electrons. The lowest BCUT2D eigenvalue weighted by Crippen LogP contribution is -2.32. The van der Waals surface area contributed by atoms with Crippen LogP contribution in [0.15, 0.2) is 84.9 Å². The van der Waals surface area contributed by atoms with Crippen LogP contribution in [-0.4, -0.2) is 30.6 Å². The summed E-state index contributed by atoms with van der Waals surface area (Å²) in [7, 11) is 1.67. The molecule has 3 aromatic rings. The summed E-state index contributed by atoms with van der Waals surface area (Å²) in [5.41, 5.74) is 9.57. The number of aliphatic hydroxyl groups excluding tert-OH is 1. The summed E-state index contributed by atoms with van der Waals surface area (Å²) in [4.78, 5) is 0. The molecule has 3 N–H and O–H groups in total. The molecule has 0 heterocycles. The normalized spacial score (nSPS) is 12.6. The Labute approximate surface area is 165 Å². The van der Waals surface area contributed by atoms with Gasteiger partial charge >= 0.3 is 0 Å². The molecule has 0 aliphatic carbocycles. The Morgan fingerprint density at radius 1 is 0.852 bits per heavy atom. The van der Waals surface area contributed by atoms with E-state index in [0.29, 0.717) is 5.75 Å². The first-order valence-corrected chi connectivity index (χ1v) is 9.95. The second kappa shape index (κ2) is 9.09. The Hall–Kier alpha value is -2.27. The topological polar surface area (TPSA) is 55.5 Å². The van der Waals surface area contributed by atoms with Crippen molar-refractivity contribution in [2.45, 2.75) is 10.8 Å². The number of ether oxygens (including phenoxy) is 1. The van der Waals surface area contributed by atoms with E-state index in [1.165, 1.54) is 11.1 Å². The summed E-state index contributed by atoms with van der Waals surface area (Å²) < 4.78 is 4.92. The second-order valence-electron chi connectivity index (χ2n) is 6.40. The van der Waals surface area contributed by atoms with E-state index < -0.39 is 4.75 Å². The Morgan fingerprint density at radius 3 is 1.78 bits per heavy atom. The van der Waals surface area contributed by atoms with Crippen molar-refractivity contribution in [2.75, 3.05) is 19.5 Å². The van der Waals surface area contributed by atoms with Gasteiger partial charge < -0.3 is 15.6 Å². The Morgan fingerprint density at radius 2 is 1.33 bits per heavy atom. The number of benzene rings is 3. The van der Waals surface area contributed by atoms with Gasteiger partial charge in [-0.2, -0.15) is 0 Å². The molecule has 3 rings (SSSR count). The maximum absolute atomic E-state index is 9.46. The van der Waals surface area contributed by atoms with E-state index in [1.807, 2.05) is 24.3 Å². The Kier molecular flexibility index (Phi) is 6.56. The number of thioether (sulfide) groups is 1. The number of hydrogen-bond acceptors (Lipinski definition) is 4. The largest absolute Gasteiger partial charge is 0.497 e. The molecule has 3 nitrogen and oxygen atoms in total. The van der Waals surface area contributed by atoms with Crippen LogP contribution in [-0.2, 0) is 4.75 Å². The molecule has 0 unspecified atom stereocenters. The lowest BCUT2D eigenvalue weighted by atomic mass is 9.84. The van der Waals surface area contributed by atoms with Gasteiger partial charge in [-0.05, 0) is 28.8 Å². The maximum atomic E-state index is 9.46. The van der Waals surface area contributed by atoms with E-state index >= 15 is 0 Å². The van der Waals surface area contributed by atoms with E-state index in [0.717, 1.165) is 11.3 Å². The van der Waals surface area contributed by atoms with Crippen LogP contribution >= 0.6 is 11.8 Å². The molecule has 1 atom stereocenters. The van der Waals surface area contributed by atoms with Gasteiger partial charge in [0.1, 0.15) is 5.75 Å². The molecule has 0 saturated heterocycles. The minimum absolute atomic E-state index is 0.0325. The average Bonchev–Trinajstić information content (AvgIpc) is 2.76. The molecule has 4 heteroatoms. The Balaban J connectivity index is 2.20.